The number of benzene rings is 7. The maximum Gasteiger partial charge on any atom is 0.0728 e. The predicted octanol–water partition coefficient (Wildman–Crippen LogP) is 15.0. The fourth-order valence-electron chi connectivity index (χ4n) is 10.1. The Morgan fingerprint density at radius 3 is 1.79 bits per heavy atom. The largest absolute Gasteiger partial charge is 0.0879 e. The molecule has 0 amide bonds. The zero-order valence-corrected chi connectivity index (χ0v) is 33.3. The summed E-state index contributed by atoms with van der Waals surface area (Å²) in [6.07, 6.45) is 12.3. The highest BCUT2D eigenvalue weighted by atomic mass is 14.5. The van der Waals surface area contributed by atoms with Crippen molar-refractivity contribution in [2.45, 2.75) is 58.3 Å². The quantitative estimate of drug-likeness (QED) is 0.149. The Balaban J connectivity index is 1.19. The van der Waals surface area contributed by atoms with Crippen LogP contribution in [0.5, 0.6) is 0 Å². The summed E-state index contributed by atoms with van der Waals surface area (Å²) < 4.78 is 0. The fraction of sp³-hybridized carbons (Fsp3) is 0.158. The van der Waals surface area contributed by atoms with Crippen LogP contribution in [0.15, 0.2) is 176 Å². The minimum absolute atomic E-state index is 0.464. The van der Waals surface area contributed by atoms with Gasteiger partial charge in [0.15, 0.2) is 0 Å². The summed E-state index contributed by atoms with van der Waals surface area (Å²) in [5, 5.41) is 0. The average molecular weight is 733 g/mol. The number of allylic oxidation sites excluding steroid dienone is 5. The topological polar surface area (TPSA) is 0 Å². The minimum atomic E-state index is -0.464. The molecule has 3 aliphatic rings. The molecule has 3 aliphatic carbocycles. The number of rotatable bonds is 6. The summed E-state index contributed by atoms with van der Waals surface area (Å²) in [6.45, 7) is 6.79. The van der Waals surface area contributed by atoms with E-state index in [1.54, 1.807) is 0 Å². The average Bonchev–Trinajstić information content (AvgIpc) is 3.73. The van der Waals surface area contributed by atoms with E-state index in [2.05, 4.69) is 197 Å². The van der Waals surface area contributed by atoms with E-state index in [9.17, 15) is 0 Å². The number of hydrogen-bond acceptors (Lipinski definition) is 0. The van der Waals surface area contributed by atoms with Crippen LogP contribution in [0.4, 0.5) is 0 Å². The normalized spacial score (nSPS) is 18.1. The molecule has 0 saturated heterocycles. The van der Waals surface area contributed by atoms with Crippen molar-refractivity contribution < 1.29 is 0 Å². The molecule has 0 heterocycles. The van der Waals surface area contributed by atoms with Crippen molar-refractivity contribution >= 4 is 16.7 Å². The third-order valence-electron chi connectivity index (χ3n) is 12.8. The predicted molar refractivity (Wildman–Crippen MR) is 242 cm³/mol. The lowest BCUT2D eigenvalue weighted by Crippen LogP contribution is -2.27. The van der Waals surface area contributed by atoms with E-state index in [1.165, 1.54) is 106 Å². The second-order valence-electron chi connectivity index (χ2n) is 16.2. The Morgan fingerprint density at radius 2 is 1.05 bits per heavy atom. The molecule has 1 unspecified atom stereocenters. The van der Waals surface area contributed by atoms with Gasteiger partial charge in [0.25, 0.3) is 0 Å². The molecular formula is C57H48. The third kappa shape index (κ3) is 5.73. The SMILES string of the molecule is CCCC1=C(c2ccccc2C)C2(c3cc(-c4ccc(C)cc4)ccc31)c1ccccc1-c1ccc(-c3ccc(/C4=C\CC/C=C/Cc5ccccc54)cc3)cc12. The number of fused-ring (bicyclic) bond motifs is 8. The Kier molecular flexibility index (Phi) is 8.87. The number of hydrogen-bond donors (Lipinski definition) is 0. The maximum absolute atomic E-state index is 2.54. The van der Waals surface area contributed by atoms with E-state index >= 15 is 0 Å². The Morgan fingerprint density at radius 1 is 0.474 bits per heavy atom. The third-order valence-corrected chi connectivity index (χ3v) is 12.8. The molecule has 0 radical (unpaired) electrons. The summed E-state index contributed by atoms with van der Waals surface area (Å²) >= 11 is 0. The van der Waals surface area contributed by atoms with E-state index < -0.39 is 5.41 Å². The standard InChI is InChI=1S/C57H48/c1-4-15-52-51-35-33-44(40-26-24-38(2)25-27-40)37-55(51)57(56(52)46-19-11-9-16-39(46)3)53-23-14-13-22-49(53)50-34-32-45(36-54(50)57)41-28-30-43(31-29-41)48-20-8-6-5-7-17-42-18-10-12-21-47(42)48/h5,7,9-14,16,18-37H,4,6,8,15,17H2,1-3H3/b7-5+,48-20+. The first-order chi connectivity index (χ1) is 28.1. The van der Waals surface area contributed by atoms with E-state index in [1.807, 2.05) is 0 Å². The molecule has 0 aromatic heterocycles. The van der Waals surface area contributed by atoms with Crippen LogP contribution in [0, 0.1) is 13.8 Å². The van der Waals surface area contributed by atoms with Gasteiger partial charge in [-0.3, -0.25) is 0 Å². The van der Waals surface area contributed by atoms with Gasteiger partial charge in [0.2, 0.25) is 0 Å². The van der Waals surface area contributed by atoms with E-state index in [0.29, 0.717) is 0 Å². The zero-order chi connectivity index (χ0) is 38.5. The van der Waals surface area contributed by atoms with Crippen molar-refractivity contribution in [2.24, 2.45) is 0 Å². The van der Waals surface area contributed by atoms with Crippen LogP contribution in [0.2, 0.25) is 0 Å². The molecule has 1 spiro atoms. The maximum atomic E-state index is 2.54. The molecule has 276 valence electrons. The van der Waals surface area contributed by atoms with Gasteiger partial charge in [0, 0.05) is 0 Å². The Hall–Kier alpha value is -6.24. The molecule has 57 heavy (non-hydrogen) atoms. The summed E-state index contributed by atoms with van der Waals surface area (Å²) in [5.41, 5.74) is 25.0. The Labute approximate surface area is 338 Å². The number of aryl methyl sites for hydroxylation is 2. The highest BCUT2D eigenvalue weighted by Gasteiger charge is 2.53. The first-order valence-corrected chi connectivity index (χ1v) is 20.9. The molecule has 10 rings (SSSR count). The minimum Gasteiger partial charge on any atom is -0.0879 e. The van der Waals surface area contributed by atoms with Crippen molar-refractivity contribution in [3.8, 4) is 33.4 Å². The van der Waals surface area contributed by atoms with Gasteiger partial charge in [0.1, 0.15) is 0 Å². The molecule has 0 heteroatoms. The highest BCUT2D eigenvalue weighted by Crippen LogP contribution is 2.66. The smallest absolute Gasteiger partial charge is 0.0728 e. The second kappa shape index (κ2) is 14.4. The molecule has 7 aromatic rings. The van der Waals surface area contributed by atoms with E-state index in [4.69, 9.17) is 0 Å². The van der Waals surface area contributed by atoms with Gasteiger partial charge >= 0.3 is 0 Å². The van der Waals surface area contributed by atoms with Crippen LogP contribution < -0.4 is 0 Å². The van der Waals surface area contributed by atoms with Crippen LogP contribution in [0.25, 0.3) is 50.1 Å². The van der Waals surface area contributed by atoms with Crippen molar-refractivity contribution in [1.82, 2.24) is 0 Å². The molecule has 0 bridgehead atoms. The second-order valence-corrected chi connectivity index (χ2v) is 16.2. The molecule has 1 atom stereocenters. The molecule has 0 saturated carbocycles. The molecule has 0 N–H and O–H groups in total. The van der Waals surface area contributed by atoms with E-state index in [0.717, 1.165) is 32.1 Å². The monoisotopic (exact) mass is 732 g/mol. The van der Waals surface area contributed by atoms with Crippen LogP contribution in [0.1, 0.15) is 88.2 Å². The summed E-state index contributed by atoms with van der Waals surface area (Å²) in [5.74, 6) is 0. The lowest BCUT2D eigenvalue weighted by Gasteiger charge is -2.34. The fourth-order valence-corrected chi connectivity index (χ4v) is 10.1. The van der Waals surface area contributed by atoms with Crippen molar-refractivity contribution in [3.63, 3.8) is 0 Å². The van der Waals surface area contributed by atoms with Gasteiger partial charge < -0.3 is 0 Å². The van der Waals surface area contributed by atoms with Crippen molar-refractivity contribution in [1.29, 1.82) is 0 Å². The molecule has 0 aliphatic heterocycles. The van der Waals surface area contributed by atoms with Gasteiger partial charge in [0.05, 0.1) is 5.41 Å². The summed E-state index contributed by atoms with van der Waals surface area (Å²) in [7, 11) is 0. The Bertz CT molecular complexity index is 2770. The highest BCUT2D eigenvalue weighted by molar-refractivity contribution is 6.10. The zero-order valence-electron chi connectivity index (χ0n) is 33.3. The van der Waals surface area contributed by atoms with Gasteiger partial charge in [-0.2, -0.15) is 0 Å². The first-order valence-electron chi connectivity index (χ1n) is 20.9. The molecular weight excluding hydrogens is 685 g/mol. The lowest BCUT2D eigenvalue weighted by molar-refractivity contribution is 0.841. The summed E-state index contributed by atoms with van der Waals surface area (Å²) in [6, 6.07) is 60.3. The molecule has 0 nitrogen and oxygen atoms in total. The van der Waals surface area contributed by atoms with Gasteiger partial charge in [-0.15, -0.1) is 0 Å². The molecule has 7 aromatic carbocycles. The van der Waals surface area contributed by atoms with Gasteiger partial charge in [-0.05, 0) is 152 Å². The van der Waals surface area contributed by atoms with Crippen LogP contribution in [0.3, 0.4) is 0 Å². The van der Waals surface area contributed by atoms with Crippen molar-refractivity contribution in [3.05, 3.63) is 232 Å². The summed E-state index contributed by atoms with van der Waals surface area (Å²) in [4.78, 5) is 0. The van der Waals surface area contributed by atoms with Crippen LogP contribution in [-0.4, -0.2) is 0 Å². The van der Waals surface area contributed by atoms with E-state index in [-0.39, 0.29) is 0 Å². The van der Waals surface area contributed by atoms with Gasteiger partial charge in [-0.25, -0.2) is 0 Å². The van der Waals surface area contributed by atoms with Crippen LogP contribution >= 0.6 is 0 Å². The first kappa shape index (κ1) is 35.2. The lowest BCUT2D eigenvalue weighted by atomic mass is 9.66. The van der Waals surface area contributed by atoms with Crippen LogP contribution in [-0.2, 0) is 11.8 Å². The van der Waals surface area contributed by atoms with Gasteiger partial charge in [-0.1, -0.05) is 183 Å². The van der Waals surface area contributed by atoms with Crippen molar-refractivity contribution in [2.75, 3.05) is 0 Å². The molecule has 0 fully saturated rings.